The van der Waals surface area contributed by atoms with E-state index in [4.69, 9.17) is 0 Å². The maximum absolute atomic E-state index is 14.1. The van der Waals surface area contributed by atoms with Crippen molar-refractivity contribution in [2.75, 3.05) is 49.5 Å². The zero-order valence-corrected chi connectivity index (χ0v) is 13.0. The van der Waals surface area contributed by atoms with E-state index < -0.39 is 5.82 Å². The molecule has 1 fully saturated rings. The summed E-state index contributed by atoms with van der Waals surface area (Å²) >= 11 is 1.95. The van der Waals surface area contributed by atoms with Crippen LogP contribution in [0.2, 0.25) is 0 Å². The average Bonchev–Trinajstić information content (AvgIpc) is 2.50. The van der Waals surface area contributed by atoms with Gasteiger partial charge in [-0.2, -0.15) is 11.8 Å². The number of carbonyl (C=O) groups excluding carboxylic acids is 1. The second kappa shape index (κ2) is 8.19. The third kappa shape index (κ3) is 4.57. The Labute approximate surface area is 128 Å². The molecule has 7 heteroatoms. The van der Waals surface area contributed by atoms with Crippen molar-refractivity contribution in [3.63, 3.8) is 0 Å². The van der Waals surface area contributed by atoms with Crippen LogP contribution in [0.25, 0.3) is 0 Å². The van der Waals surface area contributed by atoms with Crippen molar-refractivity contribution in [2.24, 2.45) is 0 Å². The van der Waals surface area contributed by atoms with Crippen LogP contribution in [0.1, 0.15) is 17.3 Å². The third-order valence-electron chi connectivity index (χ3n) is 3.30. The smallest absolute Gasteiger partial charge is 0.254 e. The third-order valence-corrected chi connectivity index (χ3v) is 4.24. The Morgan fingerprint density at radius 1 is 1.48 bits per heavy atom. The SMILES string of the molecule is CCNc1nccc(C(=O)NCCN2CCSCC2)c1F. The first kappa shape index (κ1) is 16.0. The maximum atomic E-state index is 14.1. The lowest BCUT2D eigenvalue weighted by Crippen LogP contribution is -2.39. The van der Waals surface area contributed by atoms with E-state index in [9.17, 15) is 9.18 Å². The topological polar surface area (TPSA) is 57.3 Å². The molecule has 5 nitrogen and oxygen atoms in total. The Balaban J connectivity index is 1.86. The number of amides is 1. The molecule has 21 heavy (non-hydrogen) atoms. The number of pyridine rings is 1. The molecule has 0 aliphatic carbocycles. The van der Waals surface area contributed by atoms with Crippen LogP contribution in [0.15, 0.2) is 12.3 Å². The molecule has 0 bridgehead atoms. The molecule has 0 radical (unpaired) electrons. The highest BCUT2D eigenvalue weighted by Gasteiger charge is 2.16. The van der Waals surface area contributed by atoms with Gasteiger partial charge in [-0.3, -0.25) is 9.69 Å². The Kier molecular flexibility index (Phi) is 6.25. The van der Waals surface area contributed by atoms with Crippen molar-refractivity contribution in [3.05, 3.63) is 23.6 Å². The van der Waals surface area contributed by atoms with E-state index in [-0.39, 0.29) is 17.3 Å². The van der Waals surface area contributed by atoms with Gasteiger partial charge in [0.15, 0.2) is 11.6 Å². The van der Waals surface area contributed by atoms with Crippen molar-refractivity contribution in [1.29, 1.82) is 0 Å². The first-order chi connectivity index (χ1) is 10.2. The summed E-state index contributed by atoms with van der Waals surface area (Å²) < 4.78 is 14.1. The lowest BCUT2D eigenvalue weighted by Gasteiger charge is -2.26. The van der Waals surface area contributed by atoms with Gasteiger partial charge < -0.3 is 10.6 Å². The van der Waals surface area contributed by atoms with Crippen LogP contribution in [0.3, 0.4) is 0 Å². The molecule has 1 aromatic rings. The average molecular weight is 312 g/mol. The summed E-state index contributed by atoms with van der Waals surface area (Å²) in [6.45, 7) is 5.84. The van der Waals surface area contributed by atoms with Gasteiger partial charge in [0, 0.05) is 50.4 Å². The number of carbonyl (C=O) groups is 1. The number of halogens is 1. The van der Waals surface area contributed by atoms with Crippen LogP contribution < -0.4 is 10.6 Å². The van der Waals surface area contributed by atoms with Gasteiger partial charge in [-0.25, -0.2) is 9.37 Å². The fraction of sp³-hybridized carbons (Fsp3) is 0.571. The lowest BCUT2D eigenvalue weighted by atomic mass is 10.2. The van der Waals surface area contributed by atoms with Crippen molar-refractivity contribution in [2.45, 2.75) is 6.92 Å². The Hall–Kier alpha value is -1.34. The summed E-state index contributed by atoms with van der Waals surface area (Å²) in [6, 6.07) is 1.41. The summed E-state index contributed by atoms with van der Waals surface area (Å²) in [5.74, 6) is 1.42. The number of anilines is 1. The summed E-state index contributed by atoms with van der Waals surface area (Å²) in [6.07, 6.45) is 1.44. The van der Waals surface area contributed by atoms with E-state index in [1.54, 1.807) is 0 Å². The maximum Gasteiger partial charge on any atom is 0.254 e. The van der Waals surface area contributed by atoms with Gasteiger partial charge in [-0.05, 0) is 13.0 Å². The Morgan fingerprint density at radius 2 is 2.24 bits per heavy atom. The predicted molar refractivity (Wildman–Crippen MR) is 84.5 cm³/mol. The molecule has 2 N–H and O–H groups in total. The number of thioether (sulfide) groups is 1. The molecule has 1 aliphatic heterocycles. The van der Waals surface area contributed by atoms with E-state index in [2.05, 4.69) is 20.5 Å². The highest BCUT2D eigenvalue weighted by Crippen LogP contribution is 2.14. The minimum Gasteiger partial charge on any atom is -0.368 e. The van der Waals surface area contributed by atoms with Gasteiger partial charge in [0.05, 0.1) is 5.56 Å². The normalized spacial score (nSPS) is 15.7. The van der Waals surface area contributed by atoms with Crippen molar-refractivity contribution >= 4 is 23.5 Å². The molecule has 0 unspecified atom stereocenters. The molecule has 1 saturated heterocycles. The number of aromatic nitrogens is 1. The van der Waals surface area contributed by atoms with Gasteiger partial charge in [0.1, 0.15) is 0 Å². The Bertz CT molecular complexity index is 480. The van der Waals surface area contributed by atoms with Crippen molar-refractivity contribution in [3.8, 4) is 0 Å². The van der Waals surface area contributed by atoms with E-state index in [1.807, 2.05) is 18.7 Å². The summed E-state index contributed by atoms with van der Waals surface area (Å²) in [4.78, 5) is 18.2. The molecule has 0 spiro atoms. The molecule has 1 aromatic heterocycles. The molecule has 0 saturated carbocycles. The van der Waals surface area contributed by atoms with Gasteiger partial charge in [-0.1, -0.05) is 0 Å². The van der Waals surface area contributed by atoms with Crippen LogP contribution in [-0.4, -0.2) is 60.0 Å². The van der Waals surface area contributed by atoms with Crippen molar-refractivity contribution in [1.82, 2.24) is 15.2 Å². The fourth-order valence-corrected chi connectivity index (χ4v) is 3.14. The molecule has 1 aliphatic rings. The summed E-state index contributed by atoms with van der Waals surface area (Å²) in [5, 5.41) is 5.58. The first-order valence-corrected chi connectivity index (χ1v) is 8.34. The number of nitrogens with one attached hydrogen (secondary N) is 2. The standard InChI is InChI=1S/C14H21FN4OS/c1-2-16-13-12(15)11(3-4-17-13)14(20)18-5-6-19-7-9-21-10-8-19/h3-4H,2,5-10H2,1H3,(H,16,17)(H,18,20). The largest absolute Gasteiger partial charge is 0.368 e. The molecule has 2 heterocycles. The van der Waals surface area contributed by atoms with E-state index in [1.165, 1.54) is 12.3 Å². The monoisotopic (exact) mass is 312 g/mol. The van der Waals surface area contributed by atoms with Gasteiger partial charge in [0.25, 0.3) is 5.91 Å². The molecule has 116 valence electrons. The zero-order valence-electron chi connectivity index (χ0n) is 12.2. The zero-order chi connectivity index (χ0) is 15.1. The molecule has 0 atom stereocenters. The molecular weight excluding hydrogens is 291 g/mol. The molecule has 1 amide bonds. The van der Waals surface area contributed by atoms with E-state index >= 15 is 0 Å². The predicted octanol–water partition coefficient (Wildman–Crippen LogP) is 1.43. The minimum absolute atomic E-state index is 0.0372. The fourth-order valence-electron chi connectivity index (χ4n) is 2.16. The van der Waals surface area contributed by atoms with Gasteiger partial charge in [-0.15, -0.1) is 0 Å². The number of rotatable bonds is 6. The van der Waals surface area contributed by atoms with Crippen LogP contribution in [0, 0.1) is 5.82 Å². The quantitative estimate of drug-likeness (QED) is 0.832. The molecule has 2 rings (SSSR count). The van der Waals surface area contributed by atoms with Gasteiger partial charge >= 0.3 is 0 Å². The number of hydrogen-bond donors (Lipinski definition) is 2. The molecular formula is C14H21FN4OS. The number of hydrogen-bond acceptors (Lipinski definition) is 5. The van der Waals surface area contributed by atoms with E-state index in [0.717, 1.165) is 31.1 Å². The van der Waals surface area contributed by atoms with Crippen molar-refractivity contribution < 1.29 is 9.18 Å². The number of nitrogens with zero attached hydrogens (tertiary/aromatic N) is 2. The summed E-state index contributed by atoms with van der Waals surface area (Å²) in [5.41, 5.74) is 0.0372. The Morgan fingerprint density at radius 3 is 2.95 bits per heavy atom. The van der Waals surface area contributed by atoms with E-state index in [0.29, 0.717) is 13.1 Å². The summed E-state index contributed by atoms with van der Waals surface area (Å²) in [7, 11) is 0. The molecule has 0 aromatic carbocycles. The van der Waals surface area contributed by atoms with Crippen LogP contribution in [0.5, 0.6) is 0 Å². The van der Waals surface area contributed by atoms with Crippen LogP contribution in [-0.2, 0) is 0 Å². The van der Waals surface area contributed by atoms with Crippen LogP contribution >= 0.6 is 11.8 Å². The first-order valence-electron chi connectivity index (χ1n) is 7.19. The second-order valence-electron chi connectivity index (χ2n) is 4.76. The minimum atomic E-state index is -0.591. The van der Waals surface area contributed by atoms with Crippen LogP contribution in [0.4, 0.5) is 10.2 Å². The van der Waals surface area contributed by atoms with Gasteiger partial charge in [0.2, 0.25) is 0 Å². The highest BCUT2D eigenvalue weighted by molar-refractivity contribution is 7.99. The highest BCUT2D eigenvalue weighted by atomic mass is 32.2. The lowest BCUT2D eigenvalue weighted by molar-refractivity contribution is 0.0945. The second-order valence-corrected chi connectivity index (χ2v) is 5.99.